The number of allylic oxidation sites excluding steroid dienone is 4. The smallest absolute Gasteiger partial charge is 0.0847 e. The first-order chi connectivity index (χ1) is 10.8. The lowest BCUT2D eigenvalue weighted by molar-refractivity contribution is 0.327. The van der Waals surface area contributed by atoms with Gasteiger partial charge in [-0.05, 0) is 70.1 Å². The van der Waals surface area contributed by atoms with E-state index in [0.29, 0.717) is 12.0 Å². The normalized spacial score (nSPS) is 33.2. The van der Waals surface area contributed by atoms with Crippen LogP contribution in [0.4, 0.5) is 0 Å². The molecule has 0 aromatic rings. The number of aliphatic imine (C=N–C) groups is 1. The Bertz CT molecular complexity index is 518. The molecule has 0 aromatic heterocycles. The molecule has 1 fully saturated rings. The van der Waals surface area contributed by atoms with E-state index >= 15 is 0 Å². The van der Waals surface area contributed by atoms with Gasteiger partial charge in [-0.1, -0.05) is 42.6 Å². The molecule has 0 saturated heterocycles. The summed E-state index contributed by atoms with van der Waals surface area (Å²) in [6.45, 7) is 2.25. The molecule has 3 aliphatic rings. The molecule has 0 N–H and O–H groups in total. The minimum absolute atomic E-state index is 0.548. The summed E-state index contributed by atoms with van der Waals surface area (Å²) in [4.78, 5) is 5.00. The van der Waals surface area contributed by atoms with Crippen LogP contribution in [0.2, 0.25) is 0 Å². The Balaban J connectivity index is 1.50. The van der Waals surface area contributed by atoms with E-state index in [4.69, 9.17) is 4.99 Å². The van der Waals surface area contributed by atoms with E-state index in [2.05, 4.69) is 37.0 Å². The lowest BCUT2D eigenvalue weighted by Crippen LogP contribution is -2.18. The predicted molar refractivity (Wildman–Crippen MR) is 95.0 cm³/mol. The minimum Gasteiger partial charge on any atom is -0.277 e. The molecule has 0 aromatic carbocycles. The first kappa shape index (κ1) is 15.6. The number of nitrogens with zero attached hydrogens (tertiary/aromatic N) is 1. The van der Waals surface area contributed by atoms with E-state index in [0.717, 1.165) is 18.8 Å². The molecule has 1 heteroatoms. The van der Waals surface area contributed by atoms with Crippen molar-refractivity contribution in [2.45, 2.75) is 77.2 Å². The zero-order valence-electron chi connectivity index (χ0n) is 14.0. The molecule has 0 bridgehead atoms. The summed E-state index contributed by atoms with van der Waals surface area (Å²) in [5.74, 6) is 8.31. The topological polar surface area (TPSA) is 12.4 Å². The summed E-state index contributed by atoms with van der Waals surface area (Å²) in [5.41, 5.74) is 2.76. The van der Waals surface area contributed by atoms with E-state index in [1.54, 1.807) is 5.57 Å². The molecule has 3 rings (SSSR count). The molecular weight excluding hydrogens is 266 g/mol. The molecule has 0 heterocycles. The molecule has 118 valence electrons. The van der Waals surface area contributed by atoms with E-state index in [9.17, 15) is 0 Å². The summed E-state index contributed by atoms with van der Waals surface area (Å²) < 4.78 is 0. The minimum atomic E-state index is 0.548. The fraction of sp³-hybridized carbons (Fsp3) is 0.667. The van der Waals surface area contributed by atoms with Crippen molar-refractivity contribution in [2.24, 2.45) is 16.8 Å². The van der Waals surface area contributed by atoms with Crippen molar-refractivity contribution in [3.63, 3.8) is 0 Å². The van der Waals surface area contributed by atoms with Gasteiger partial charge >= 0.3 is 0 Å². The van der Waals surface area contributed by atoms with Gasteiger partial charge in [0.25, 0.3) is 0 Å². The highest BCUT2D eigenvalue weighted by Gasteiger charge is 2.22. The van der Waals surface area contributed by atoms with Crippen molar-refractivity contribution >= 4 is 5.71 Å². The molecule has 1 nitrogen and oxygen atoms in total. The third-order valence-corrected chi connectivity index (χ3v) is 5.41. The van der Waals surface area contributed by atoms with Gasteiger partial charge in [0, 0.05) is 5.92 Å². The Hall–Kier alpha value is -1.29. The van der Waals surface area contributed by atoms with Gasteiger partial charge in [-0.3, -0.25) is 4.99 Å². The van der Waals surface area contributed by atoms with Crippen molar-refractivity contribution in [2.75, 3.05) is 0 Å². The molecule has 22 heavy (non-hydrogen) atoms. The van der Waals surface area contributed by atoms with E-state index in [-0.39, 0.29) is 0 Å². The number of hydrogen-bond acceptors (Lipinski definition) is 1. The molecule has 0 amide bonds. The van der Waals surface area contributed by atoms with Crippen LogP contribution in [-0.2, 0) is 0 Å². The third-order valence-electron chi connectivity index (χ3n) is 5.41. The van der Waals surface area contributed by atoms with Crippen LogP contribution in [-0.4, -0.2) is 11.8 Å². The van der Waals surface area contributed by atoms with Gasteiger partial charge in [0.2, 0.25) is 0 Å². The van der Waals surface area contributed by atoms with E-state index < -0.39 is 0 Å². The Labute approximate surface area is 136 Å². The summed E-state index contributed by atoms with van der Waals surface area (Å²) in [6, 6.07) is 0.548. The highest BCUT2D eigenvalue weighted by molar-refractivity contribution is 6.00. The molecule has 3 aliphatic carbocycles. The fourth-order valence-electron chi connectivity index (χ4n) is 3.93. The van der Waals surface area contributed by atoms with Crippen LogP contribution in [0.15, 0.2) is 28.8 Å². The Morgan fingerprint density at radius 1 is 1.18 bits per heavy atom. The summed E-state index contributed by atoms with van der Waals surface area (Å²) in [5, 5.41) is 0. The highest BCUT2D eigenvalue weighted by Crippen LogP contribution is 2.32. The maximum atomic E-state index is 5.00. The van der Waals surface area contributed by atoms with Crippen LogP contribution in [0.3, 0.4) is 0 Å². The number of rotatable bonds is 4. The third kappa shape index (κ3) is 4.35. The van der Waals surface area contributed by atoms with Gasteiger partial charge in [-0.2, -0.15) is 0 Å². The van der Waals surface area contributed by atoms with Crippen LogP contribution in [0.5, 0.6) is 0 Å². The second kappa shape index (κ2) is 7.82. The Morgan fingerprint density at radius 2 is 2.05 bits per heavy atom. The SMILES string of the molecule is CCC1C#CC(=NC2CCC(CC3=CCC=C3)CC2)CCC1. The highest BCUT2D eigenvalue weighted by atomic mass is 14.8. The van der Waals surface area contributed by atoms with Gasteiger partial charge in [-0.15, -0.1) is 0 Å². The second-order valence-corrected chi connectivity index (χ2v) is 7.14. The summed E-state index contributed by atoms with van der Waals surface area (Å²) in [7, 11) is 0. The quantitative estimate of drug-likeness (QED) is 0.609. The van der Waals surface area contributed by atoms with Gasteiger partial charge in [0.15, 0.2) is 0 Å². The zero-order valence-corrected chi connectivity index (χ0v) is 14.0. The van der Waals surface area contributed by atoms with Crippen LogP contribution >= 0.6 is 0 Å². The largest absolute Gasteiger partial charge is 0.277 e. The molecule has 0 spiro atoms. The van der Waals surface area contributed by atoms with Crippen molar-refractivity contribution in [1.82, 2.24) is 0 Å². The van der Waals surface area contributed by atoms with Crippen LogP contribution in [0, 0.1) is 23.7 Å². The van der Waals surface area contributed by atoms with Crippen LogP contribution < -0.4 is 0 Å². The monoisotopic (exact) mass is 295 g/mol. The standard InChI is InChI=1S/C21H29N/c1-2-17-8-5-9-20(13-10-17)22-21-14-11-19(12-15-21)16-18-6-3-4-7-18/h3,6-7,17,19,21H,2,4-5,8-9,11-12,14-16H2,1H3. The number of hydrogen-bond donors (Lipinski definition) is 0. The molecule has 1 atom stereocenters. The van der Waals surface area contributed by atoms with Gasteiger partial charge in [0.1, 0.15) is 0 Å². The van der Waals surface area contributed by atoms with E-state index in [1.165, 1.54) is 57.1 Å². The van der Waals surface area contributed by atoms with Gasteiger partial charge < -0.3 is 0 Å². The average molecular weight is 295 g/mol. The molecular formula is C21H29N. The van der Waals surface area contributed by atoms with Gasteiger partial charge in [0.05, 0.1) is 11.8 Å². The van der Waals surface area contributed by atoms with Crippen molar-refractivity contribution in [1.29, 1.82) is 0 Å². The summed E-state index contributed by atoms with van der Waals surface area (Å²) in [6.07, 6.45) is 19.5. The first-order valence-electron chi connectivity index (χ1n) is 9.27. The lowest BCUT2D eigenvalue weighted by atomic mass is 9.82. The Kier molecular flexibility index (Phi) is 5.54. The lowest BCUT2D eigenvalue weighted by Gasteiger charge is -2.26. The summed E-state index contributed by atoms with van der Waals surface area (Å²) >= 11 is 0. The Morgan fingerprint density at radius 3 is 2.77 bits per heavy atom. The maximum absolute atomic E-state index is 5.00. The second-order valence-electron chi connectivity index (χ2n) is 7.14. The molecule has 0 radical (unpaired) electrons. The van der Waals surface area contributed by atoms with Crippen LogP contribution in [0.1, 0.15) is 71.1 Å². The fourth-order valence-corrected chi connectivity index (χ4v) is 3.93. The zero-order chi connectivity index (χ0) is 15.2. The van der Waals surface area contributed by atoms with E-state index in [1.807, 2.05) is 0 Å². The van der Waals surface area contributed by atoms with Crippen molar-refractivity contribution < 1.29 is 0 Å². The maximum Gasteiger partial charge on any atom is 0.0847 e. The molecule has 1 saturated carbocycles. The molecule has 0 aliphatic heterocycles. The van der Waals surface area contributed by atoms with Crippen molar-refractivity contribution in [3.8, 4) is 11.8 Å². The molecule has 1 unspecified atom stereocenters. The first-order valence-corrected chi connectivity index (χ1v) is 9.27. The van der Waals surface area contributed by atoms with Crippen molar-refractivity contribution in [3.05, 3.63) is 23.8 Å². The average Bonchev–Trinajstić information content (AvgIpc) is 2.94. The predicted octanol–water partition coefficient (Wildman–Crippen LogP) is 5.48. The van der Waals surface area contributed by atoms with Crippen LogP contribution in [0.25, 0.3) is 0 Å². The van der Waals surface area contributed by atoms with Gasteiger partial charge in [-0.25, -0.2) is 0 Å².